The number of halogens is 3. The first-order valence-electron chi connectivity index (χ1n) is 5.38. The lowest BCUT2D eigenvalue weighted by atomic mass is 10.1. The predicted octanol–water partition coefficient (Wildman–Crippen LogP) is 1.96. The smallest absolute Gasteiger partial charge is 0.319 e. The highest BCUT2D eigenvalue weighted by Gasteiger charge is 2.29. The summed E-state index contributed by atoms with van der Waals surface area (Å²) < 4.78 is 36.7. The lowest BCUT2D eigenvalue weighted by molar-refractivity contribution is -0.128. The average molecular weight is 247 g/mol. The molecule has 1 heterocycles. The number of nitrogens with zero attached hydrogens (tertiary/aromatic N) is 2. The van der Waals surface area contributed by atoms with Gasteiger partial charge in [0, 0.05) is 11.4 Å². The molecule has 0 bridgehead atoms. The number of nitrogens with one attached hydrogen (secondary N) is 1. The number of likely N-dealkylation sites (N-methyl/N-ethyl adjacent to an activating group) is 1. The van der Waals surface area contributed by atoms with Gasteiger partial charge in [-0.15, -0.1) is 0 Å². The van der Waals surface area contributed by atoms with Crippen molar-refractivity contribution in [2.75, 3.05) is 13.6 Å². The zero-order valence-corrected chi connectivity index (χ0v) is 10.1. The van der Waals surface area contributed by atoms with Crippen LogP contribution in [-0.2, 0) is 12.8 Å². The van der Waals surface area contributed by atoms with E-state index in [1.54, 1.807) is 13.8 Å². The Labute approximate surface area is 98.5 Å². The van der Waals surface area contributed by atoms with Crippen LogP contribution in [0.3, 0.4) is 0 Å². The number of rotatable bonds is 4. The minimum atomic E-state index is -4.26. The molecule has 0 radical (unpaired) electrons. The summed E-state index contributed by atoms with van der Waals surface area (Å²) in [6, 6.07) is 0. The van der Waals surface area contributed by atoms with Crippen molar-refractivity contribution >= 4 is 0 Å². The van der Waals surface area contributed by atoms with Gasteiger partial charge >= 0.3 is 6.18 Å². The lowest BCUT2D eigenvalue weighted by Crippen LogP contribution is -2.18. The standard InChI is InChI=1S/C11H16F3N3/c1-7-9(4-5-15-3)8(2)17-10(16-7)6-11(12,13)14/h15H,4-6H2,1-3H3. The number of aryl methyl sites for hydroxylation is 2. The first-order chi connectivity index (χ1) is 7.83. The van der Waals surface area contributed by atoms with E-state index in [0.29, 0.717) is 11.4 Å². The second-order valence-corrected chi connectivity index (χ2v) is 3.93. The minimum absolute atomic E-state index is 0.152. The first kappa shape index (κ1) is 13.9. The fraction of sp³-hybridized carbons (Fsp3) is 0.636. The monoisotopic (exact) mass is 247 g/mol. The Balaban J connectivity index is 2.93. The van der Waals surface area contributed by atoms with Crippen LogP contribution in [0.4, 0.5) is 13.2 Å². The zero-order chi connectivity index (χ0) is 13.1. The summed E-state index contributed by atoms with van der Waals surface area (Å²) in [5.74, 6) is -0.152. The van der Waals surface area contributed by atoms with Crippen molar-refractivity contribution in [3.05, 3.63) is 22.8 Å². The molecule has 0 saturated heterocycles. The van der Waals surface area contributed by atoms with Gasteiger partial charge in [-0.3, -0.25) is 0 Å². The predicted molar refractivity (Wildman–Crippen MR) is 58.9 cm³/mol. The van der Waals surface area contributed by atoms with E-state index in [1.165, 1.54) is 0 Å². The Morgan fingerprint density at radius 1 is 1.12 bits per heavy atom. The Bertz CT molecular complexity index is 365. The summed E-state index contributed by atoms with van der Waals surface area (Å²) in [6.45, 7) is 4.20. The molecule has 0 spiro atoms. The number of hydrogen-bond acceptors (Lipinski definition) is 3. The molecular formula is C11H16F3N3. The SMILES string of the molecule is CNCCc1c(C)nc(CC(F)(F)F)nc1C. The molecule has 1 rings (SSSR count). The summed E-state index contributed by atoms with van der Waals surface area (Å²) in [6.07, 6.45) is -4.60. The maximum atomic E-state index is 12.2. The van der Waals surface area contributed by atoms with Crippen LogP contribution in [0.25, 0.3) is 0 Å². The molecule has 3 nitrogen and oxygen atoms in total. The molecule has 1 aromatic heterocycles. The van der Waals surface area contributed by atoms with Gasteiger partial charge in [-0.05, 0) is 39.4 Å². The summed E-state index contributed by atoms with van der Waals surface area (Å²) in [5.41, 5.74) is 2.18. The van der Waals surface area contributed by atoms with Gasteiger partial charge in [0.15, 0.2) is 0 Å². The Hall–Kier alpha value is -1.17. The van der Waals surface area contributed by atoms with E-state index < -0.39 is 12.6 Å². The molecule has 0 atom stereocenters. The van der Waals surface area contributed by atoms with Gasteiger partial charge in [0.1, 0.15) is 12.2 Å². The van der Waals surface area contributed by atoms with Crippen molar-refractivity contribution in [2.45, 2.75) is 32.9 Å². The van der Waals surface area contributed by atoms with Crippen molar-refractivity contribution in [3.63, 3.8) is 0 Å². The molecular weight excluding hydrogens is 231 g/mol. The second-order valence-electron chi connectivity index (χ2n) is 3.93. The van der Waals surface area contributed by atoms with Crippen LogP contribution in [0, 0.1) is 13.8 Å². The number of aromatic nitrogens is 2. The first-order valence-corrected chi connectivity index (χ1v) is 5.38. The van der Waals surface area contributed by atoms with Gasteiger partial charge in [0.2, 0.25) is 0 Å². The quantitative estimate of drug-likeness (QED) is 0.883. The maximum absolute atomic E-state index is 12.2. The van der Waals surface area contributed by atoms with Gasteiger partial charge in [-0.2, -0.15) is 13.2 Å². The van der Waals surface area contributed by atoms with Crippen LogP contribution >= 0.6 is 0 Å². The molecule has 1 N–H and O–H groups in total. The normalized spacial score (nSPS) is 11.9. The summed E-state index contributed by atoms with van der Waals surface area (Å²) in [7, 11) is 1.82. The Morgan fingerprint density at radius 2 is 1.65 bits per heavy atom. The third-order valence-electron chi connectivity index (χ3n) is 2.45. The average Bonchev–Trinajstić information content (AvgIpc) is 2.13. The van der Waals surface area contributed by atoms with E-state index in [1.807, 2.05) is 7.05 Å². The number of hydrogen-bond donors (Lipinski definition) is 1. The van der Waals surface area contributed by atoms with Crippen molar-refractivity contribution in [1.82, 2.24) is 15.3 Å². The highest BCUT2D eigenvalue weighted by atomic mass is 19.4. The van der Waals surface area contributed by atoms with E-state index in [0.717, 1.165) is 18.5 Å². The van der Waals surface area contributed by atoms with Crippen molar-refractivity contribution in [2.24, 2.45) is 0 Å². The molecule has 0 aliphatic heterocycles. The van der Waals surface area contributed by atoms with Crippen LogP contribution in [0.5, 0.6) is 0 Å². The van der Waals surface area contributed by atoms with Crippen molar-refractivity contribution < 1.29 is 13.2 Å². The molecule has 0 aliphatic rings. The molecule has 0 unspecified atom stereocenters. The lowest BCUT2D eigenvalue weighted by Gasteiger charge is -2.11. The molecule has 0 amide bonds. The van der Waals surface area contributed by atoms with Crippen LogP contribution in [0.1, 0.15) is 22.8 Å². The second kappa shape index (κ2) is 5.44. The Morgan fingerprint density at radius 3 is 2.06 bits per heavy atom. The van der Waals surface area contributed by atoms with Gasteiger partial charge < -0.3 is 5.32 Å². The van der Waals surface area contributed by atoms with Crippen LogP contribution in [0.15, 0.2) is 0 Å². The molecule has 0 aliphatic carbocycles. The van der Waals surface area contributed by atoms with Crippen molar-refractivity contribution in [1.29, 1.82) is 0 Å². The minimum Gasteiger partial charge on any atom is -0.319 e. The fourth-order valence-electron chi connectivity index (χ4n) is 1.68. The van der Waals surface area contributed by atoms with Gasteiger partial charge in [-0.1, -0.05) is 0 Å². The highest BCUT2D eigenvalue weighted by Crippen LogP contribution is 2.20. The molecule has 6 heteroatoms. The van der Waals surface area contributed by atoms with Crippen molar-refractivity contribution in [3.8, 4) is 0 Å². The number of alkyl halides is 3. The summed E-state index contributed by atoms with van der Waals surface area (Å²) in [4.78, 5) is 7.83. The van der Waals surface area contributed by atoms with Gasteiger partial charge in [0.25, 0.3) is 0 Å². The zero-order valence-electron chi connectivity index (χ0n) is 10.1. The summed E-state index contributed by atoms with van der Waals surface area (Å²) in [5, 5.41) is 2.99. The molecule has 0 aromatic carbocycles. The third-order valence-corrected chi connectivity index (χ3v) is 2.45. The van der Waals surface area contributed by atoms with E-state index >= 15 is 0 Å². The van der Waals surface area contributed by atoms with E-state index in [9.17, 15) is 13.2 Å². The maximum Gasteiger partial charge on any atom is 0.396 e. The molecule has 0 fully saturated rings. The van der Waals surface area contributed by atoms with Gasteiger partial charge in [-0.25, -0.2) is 9.97 Å². The van der Waals surface area contributed by atoms with E-state index in [4.69, 9.17) is 0 Å². The van der Waals surface area contributed by atoms with Crippen LogP contribution in [0.2, 0.25) is 0 Å². The van der Waals surface area contributed by atoms with Crippen LogP contribution < -0.4 is 5.32 Å². The molecule has 0 saturated carbocycles. The summed E-state index contributed by atoms with van der Waals surface area (Å²) >= 11 is 0. The largest absolute Gasteiger partial charge is 0.396 e. The fourth-order valence-corrected chi connectivity index (χ4v) is 1.68. The highest BCUT2D eigenvalue weighted by molar-refractivity contribution is 5.24. The molecule has 96 valence electrons. The molecule has 17 heavy (non-hydrogen) atoms. The third kappa shape index (κ3) is 4.30. The topological polar surface area (TPSA) is 37.8 Å². The van der Waals surface area contributed by atoms with E-state index in [2.05, 4.69) is 15.3 Å². The van der Waals surface area contributed by atoms with Gasteiger partial charge in [0.05, 0.1) is 0 Å². The van der Waals surface area contributed by atoms with E-state index in [-0.39, 0.29) is 5.82 Å². The van der Waals surface area contributed by atoms with Crippen LogP contribution in [-0.4, -0.2) is 29.7 Å². The molecule has 1 aromatic rings. The Kier molecular flexibility index (Phi) is 4.45.